The maximum Gasteiger partial charge on any atom is 0.253 e. The number of piperidine rings is 1. The topological polar surface area (TPSA) is 69.6 Å². The van der Waals surface area contributed by atoms with Gasteiger partial charge in [0.25, 0.3) is 5.91 Å². The van der Waals surface area contributed by atoms with E-state index in [9.17, 15) is 9.90 Å². The molecule has 0 bridgehead atoms. The minimum absolute atomic E-state index is 0.0433. The highest BCUT2D eigenvalue weighted by atomic mass is 16.3. The zero-order valence-electron chi connectivity index (χ0n) is 16.9. The Morgan fingerprint density at radius 2 is 1.83 bits per heavy atom. The Kier molecular flexibility index (Phi) is 5.45. The van der Waals surface area contributed by atoms with E-state index in [4.69, 9.17) is 0 Å². The summed E-state index contributed by atoms with van der Waals surface area (Å²) in [4.78, 5) is 25.4. The van der Waals surface area contributed by atoms with E-state index in [-0.39, 0.29) is 18.4 Å². The molecule has 1 N–H and O–H groups in total. The van der Waals surface area contributed by atoms with Crippen LogP contribution in [0.2, 0.25) is 0 Å². The number of rotatable bonds is 4. The maximum atomic E-state index is 12.9. The van der Waals surface area contributed by atoms with Crippen LogP contribution >= 0.6 is 0 Å². The first kappa shape index (κ1) is 19.3. The first-order chi connectivity index (χ1) is 14.0. The lowest BCUT2D eigenvalue weighted by Gasteiger charge is -2.32. The molecule has 0 aliphatic carbocycles. The van der Waals surface area contributed by atoms with Crippen molar-refractivity contribution in [3.63, 3.8) is 0 Å². The van der Waals surface area contributed by atoms with Crippen molar-refractivity contribution in [2.24, 2.45) is 5.92 Å². The van der Waals surface area contributed by atoms with Crippen LogP contribution in [-0.4, -0.2) is 59.7 Å². The number of fused-ring (bicyclic) bond motifs is 1. The smallest absolute Gasteiger partial charge is 0.253 e. The standard InChI is InChI=1S/C23H26N4O2/c1-26(2)23-24-12-21(13-25-23)19-6-5-18-11-20(8-7-17(18)10-19)22(29)27-9-3-4-16(14-27)15-28/h5-8,10-13,16,28H,3-4,9,14-15H2,1-2H3. The fourth-order valence-corrected chi connectivity index (χ4v) is 3.84. The molecule has 4 rings (SSSR count). The Balaban J connectivity index is 1.57. The summed E-state index contributed by atoms with van der Waals surface area (Å²) in [5, 5.41) is 11.5. The van der Waals surface area contributed by atoms with Gasteiger partial charge in [0.05, 0.1) is 0 Å². The fraction of sp³-hybridized carbons (Fsp3) is 0.348. The zero-order valence-corrected chi connectivity index (χ0v) is 16.9. The number of aliphatic hydroxyl groups is 1. The molecule has 1 unspecified atom stereocenters. The van der Waals surface area contributed by atoms with Crippen LogP contribution in [0.5, 0.6) is 0 Å². The van der Waals surface area contributed by atoms with E-state index in [1.165, 1.54) is 0 Å². The molecule has 6 nitrogen and oxygen atoms in total. The Labute approximate surface area is 170 Å². The van der Waals surface area contributed by atoms with Crippen molar-refractivity contribution < 1.29 is 9.90 Å². The summed E-state index contributed by atoms with van der Waals surface area (Å²) in [6.45, 7) is 1.54. The van der Waals surface area contributed by atoms with Gasteiger partial charge in [0.1, 0.15) is 0 Å². The molecule has 0 saturated carbocycles. The molecule has 6 heteroatoms. The number of amides is 1. The number of anilines is 1. The molecule has 1 amide bonds. The summed E-state index contributed by atoms with van der Waals surface area (Å²) < 4.78 is 0. The summed E-state index contributed by atoms with van der Waals surface area (Å²) >= 11 is 0. The van der Waals surface area contributed by atoms with Gasteiger partial charge in [-0.15, -0.1) is 0 Å². The number of carbonyl (C=O) groups is 1. The normalized spacial score (nSPS) is 16.8. The lowest BCUT2D eigenvalue weighted by Crippen LogP contribution is -2.40. The van der Waals surface area contributed by atoms with Crippen LogP contribution in [0.3, 0.4) is 0 Å². The highest BCUT2D eigenvalue weighted by molar-refractivity contribution is 5.99. The van der Waals surface area contributed by atoms with Crippen molar-refractivity contribution >= 4 is 22.6 Å². The second kappa shape index (κ2) is 8.17. The second-order valence-electron chi connectivity index (χ2n) is 7.88. The fourth-order valence-electron chi connectivity index (χ4n) is 3.84. The minimum atomic E-state index is 0.0433. The van der Waals surface area contributed by atoms with E-state index >= 15 is 0 Å². The third-order valence-corrected chi connectivity index (χ3v) is 5.52. The summed E-state index contributed by atoms with van der Waals surface area (Å²) in [6.07, 6.45) is 5.59. The molecule has 1 aliphatic rings. The first-order valence-electron chi connectivity index (χ1n) is 9.99. The Morgan fingerprint density at radius 3 is 2.55 bits per heavy atom. The summed E-state index contributed by atoms with van der Waals surface area (Å²) in [6, 6.07) is 12.0. The number of likely N-dealkylation sites (tertiary alicyclic amines) is 1. The molecule has 150 valence electrons. The molecule has 1 aromatic heterocycles. The van der Waals surface area contributed by atoms with E-state index in [1.807, 2.05) is 66.6 Å². The molecule has 1 atom stereocenters. The SMILES string of the molecule is CN(C)c1ncc(-c2ccc3cc(C(=O)N4CCCC(CO)C4)ccc3c2)cn1. The van der Waals surface area contributed by atoms with E-state index in [0.717, 1.165) is 41.3 Å². The third-order valence-electron chi connectivity index (χ3n) is 5.52. The van der Waals surface area contributed by atoms with Gasteiger partial charge in [-0.3, -0.25) is 4.79 Å². The lowest BCUT2D eigenvalue weighted by molar-refractivity contribution is 0.0621. The van der Waals surface area contributed by atoms with E-state index in [1.54, 1.807) is 0 Å². The molecule has 2 heterocycles. The van der Waals surface area contributed by atoms with Crippen LogP contribution in [0.1, 0.15) is 23.2 Å². The summed E-state index contributed by atoms with van der Waals surface area (Å²) in [7, 11) is 3.83. The summed E-state index contributed by atoms with van der Waals surface area (Å²) in [5.41, 5.74) is 2.70. The van der Waals surface area contributed by atoms with E-state index in [0.29, 0.717) is 18.1 Å². The minimum Gasteiger partial charge on any atom is -0.396 e. The van der Waals surface area contributed by atoms with Crippen LogP contribution in [0.15, 0.2) is 48.8 Å². The maximum absolute atomic E-state index is 12.9. The average molecular weight is 390 g/mol. The van der Waals surface area contributed by atoms with Crippen molar-refractivity contribution in [3.05, 3.63) is 54.4 Å². The van der Waals surface area contributed by atoms with Crippen molar-refractivity contribution in [1.29, 1.82) is 0 Å². The zero-order chi connectivity index (χ0) is 20.4. The number of nitrogens with zero attached hydrogens (tertiary/aromatic N) is 4. The average Bonchev–Trinajstić information content (AvgIpc) is 2.78. The molecule has 0 radical (unpaired) electrons. The van der Waals surface area contributed by atoms with Crippen LogP contribution in [-0.2, 0) is 0 Å². The molecule has 2 aromatic carbocycles. The molecule has 1 aliphatic heterocycles. The van der Waals surface area contributed by atoms with E-state index < -0.39 is 0 Å². The molecular weight excluding hydrogens is 364 g/mol. The number of hydrogen-bond donors (Lipinski definition) is 1. The van der Waals surface area contributed by atoms with Gasteiger partial charge in [-0.05, 0) is 53.3 Å². The monoisotopic (exact) mass is 390 g/mol. The number of benzene rings is 2. The van der Waals surface area contributed by atoms with Crippen molar-refractivity contribution in [2.45, 2.75) is 12.8 Å². The third kappa shape index (κ3) is 4.07. The quantitative estimate of drug-likeness (QED) is 0.741. The predicted octanol–water partition coefficient (Wildman–Crippen LogP) is 3.21. The second-order valence-corrected chi connectivity index (χ2v) is 7.88. The number of hydrogen-bond acceptors (Lipinski definition) is 5. The first-order valence-corrected chi connectivity index (χ1v) is 9.99. The predicted molar refractivity (Wildman–Crippen MR) is 115 cm³/mol. The van der Waals surface area contributed by atoms with Crippen molar-refractivity contribution in [1.82, 2.24) is 14.9 Å². The number of carbonyl (C=O) groups excluding carboxylic acids is 1. The Morgan fingerprint density at radius 1 is 1.10 bits per heavy atom. The molecule has 3 aromatic rings. The molecule has 29 heavy (non-hydrogen) atoms. The van der Waals surface area contributed by atoms with Crippen LogP contribution in [0.4, 0.5) is 5.95 Å². The molecule has 1 fully saturated rings. The largest absolute Gasteiger partial charge is 0.396 e. The number of aromatic nitrogens is 2. The Bertz CT molecular complexity index is 1020. The molecular formula is C23H26N4O2. The highest BCUT2D eigenvalue weighted by Crippen LogP contribution is 2.26. The van der Waals surface area contributed by atoms with Gasteiger partial charge < -0.3 is 14.9 Å². The van der Waals surface area contributed by atoms with Crippen molar-refractivity contribution in [2.75, 3.05) is 38.7 Å². The Hall–Kier alpha value is -2.99. The van der Waals surface area contributed by atoms with Gasteiger partial charge in [0.2, 0.25) is 5.95 Å². The van der Waals surface area contributed by atoms with E-state index in [2.05, 4.69) is 16.0 Å². The van der Waals surface area contributed by atoms with Gasteiger partial charge >= 0.3 is 0 Å². The van der Waals surface area contributed by atoms with Crippen LogP contribution in [0.25, 0.3) is 21.9 Å². The van der Waals surface area contributed by atoms with Gasteiger partial charge in [-0.1, -0.05) is 18.2 Å². The van der Waals surface area contributed by atoms with Gasteiger partial charge in [-0.2, -0.15) is 0 Å². The van der Waals surface area contributed by atoms with Gasteiger partial charge in [-0.25, -0.2) is 9.97 Å². The van der Waals surface area contributed by atoms with Gasteiger partial charge in [0, 0.05) is 57.3 Å². The van der Waals surface area contributed by atoms with Gasteiger partial charge in [0.15, 0.2) is 0 Å². The number of aliphatic hydroxyl groups excluding tert-OH is 1. The molecule has 0 spiro atoms. The van der Waals surface area contributed by atoms with Crippen LogP contribution in [0, 0.1) is 5.92 Å². The lowest BCUT2D eigenvalue weighted by atomic mass is 9.97. The summed E-state index contributed by atoms with van der Waals surface area (Å²) in [5.74, 6) is 0.914. The van der Waals surface area contributed by atoms with Crippen LogP contribution < -0.4 is 4.90 Å². The highest BCUT2D eigenvalue weighted by Gasteiger charge is 2.24. The van der Waals surface area contributed by atoms with Crippen molar-refractivity contribution in [3.8, 4) is 11.1 Å². The molecule has 1 saturated heterocycles.